The molecule has 2 rings (SSSR count). The van der Waals surface area contributed by atoms with Gasteiger partial charge in [-0.3, -0.25) is 4.79 Å². The minimum atomic E-state index is -0.239. The summed E-state index contributed by atoms with van der Waals surface area (Å²) in [5, 5.41) is 20.5. The molecular weight excluding hydrogens is 338 g/mol. The van der Waals surface area contributed by atoms with E-state index in [2.05, 4.69) is 21.2 Å². The molecule has 0 saturated heterocycles. The van der Waals surface area contributed by atoms with Crippen LogP contribution in [0, 0.1) is 29.6 Å². The molecule has 20 heavy (non-hydrogen) atoms. The fourth-order valence-corrected chi connectivity index (χ4v) is 3.01. The summed E-state index contributed by atoms with van der Waals surface area (Å²) in [5.41, 5.74) is 2.03. The maximum absolute atomic E-state index is 12.1. The molecule has 0 saturated carbocycles. The van der Waals surface area contributed by atoms with E-state index < -0.39 is 0 Å². The number of carbonyl (C=O) groups excluding carboxylic acids is 1. The van der Waals surface area contributed by atoms with Gasteiger partial charge in [0.2, 0.25) is 0 Å². The number of hydrogen-bond acceptors (Lipinski definition) is 4. The van der Waals surface area contributed by atoms with Gasteiger partial charge in [0.15, 0.2) is 0 Å². The van der Waals surface area contributed by atoms with Gasteiger partial charge in [0.05, 0.1) is 19.8 Å². The van der Waals surface area contributed by atoms with Gasteiger partial charge in [-0.15, -0.1) is 11.3 Å². The van der Waals surface area contributed by atoms with Crippen molar-refractivity contribution < 1.29 is 4.79 Å². The number of rotatable bonds is 2. The predicted octanol–water partition coefficient (Wildman–Crippen LogP) is 3.81. The molecule has 0 spiro atoms. The predicted molar refractivity (Wildman–Crippen MR) is 80.6 cm³/mol. The molecule has 1 aromatic heterocycles. The van der Waals surface area contributed by atoms with Gasteiger partial charge in [-0.05, 0) is 52.7 Å². The largest absolute Gasteiger partial charge is 0.321 e. The van der Waals surface area contributed by atoms with Gasteiger partial charge in [-0.2, -0.15) is 10.5 Å². The van der Waals surface area contributed by atoms with Gasteiger partial charge in [-0.25, -0.2) is 0 Å². The van der Waals surface area contributed by atoms with E-state index in [0.29, 0.717) is 16.1 Å². The van der Waals surface area contributed by atoms with Crippen LogP contribution in [0.2, 0.25) is 0 Å². The van der Waals surface area contributed by atoms with Crippen LogP contribution >= 0.6 is 27.3 Å². The first-order chi connectivity index (χ1) is 9.55. The quantitative estimate of drug-likeness (QED) is 0.898. The Hall–Kier alpha value is -2.15. The number of thiophene rings is 1. The van der Waals surface area contributed by atoms with E-state index in [4.69, 9.17) is 10.5 Å². The van der Waals surface area contributed by atoms with Crippen LogP contribution in [0.15, 0.2) is 28.1 Å². The van der Waals surface area contributed by atoms with Crippen molar-refractivity contribution in [3.63, 3.8) is 0 Å². The van der Waals surface area contributed by atoms with Crippen molar-refractivity contribution in [2.24, 2.45) is 0 Å². The van der Waals surface area contributed by atoms with E-state index in [0.717, 1.165) is 9.35 Å². The zero-order valence-electron chi connectivity index (χ0n) is 10.4. The van der Waals surface area contributed by atoms with Crippen LogP contribution in [-0.4, -0.2) is 5.91 Å². The third-order valence-corrected chi connectivity index (χ3v) is 4.73. The lowest BCUT2D eigenvalue weighted by atomic mass is 10.1. The lowest BCUT2D eigenvalue weighted by Crippen LogP contribution is -2.10. The summed E-state index contributed by atoms with van der Waals surface area (Å²) in [5.74, 6) is -0.239. The molecule has 1 heterocycles. The zero-order valence-corrected chi connectivity index (χ0v) is 12.8. The van der Waals surface area contributed by atoms with E-state index in [-0.39, 0.29) is 11.5 Å². The molecule has 0 atom stereocenters. The van der Waals surface area contributed by atoms with Crippen LogP contribution in [0.25, 0.3) is 0 Å². The zero-order chi connectivity index (χ0) is 14.7. The van der Waals surface area contributed by atoms with Crippen LogP contribution in [-0.2, 0) is 0 Å². The standard InChI is InChI=1S/C14H8BrN3OS/c1-8-4-12(20-13(8)15)14(19)18-11-3-2-9(6-16)10(5-11)7-17/h2-5H,1H3,(H,18,19). The van der Waals surface area contributed by atoms with Crippen molar-refractivity contribution in [3.05, 3.63) is 49.6 Å². The number of aryl methyl sites for hydroxylation is 1. The van der Waals surface area contributed by atoms with Gasteiger partial charge in [0, 0.05) is 5.69 Å². The molecule has 0 unspecified atom stereocenters. The Morgan fingerprint density at radius 3 is 2.50 bits per heavy atom. The van der Waals surface area contributed by atoms with Crippen molar-refractivity contribution in [2.75, 3.05) is 5.32 Å². The third-order valence-electron chi connectivity index (χ3n) is 2.60. The minimum Gasteiger partial charge on any atom is -0.321 e. The van der Waals surface area contributed by atoms with Gasteiger partial charge in [-0.1, -0.05) is 0 Å². The lowest BCUT2D eigenvalue weighted by molar-refractivity contribution is 0.103. The number of nitriles is 2. The average Bonchev–Trinajstić information content (AvgIpc) is 2.78. The van der Waals surface area contributed by atoms with E-state index in [1.54, 1.807) is 12.1 Å². The molecular formula is C14H8BrN3OS. The van der Waals surface area contributed by atoms with Crippen LogP contribution in [0.3, 0.4) is 0 Å². The van der Waals surface area contributed by atoms with E-state index in [1.165, 1.54) is 23.5 Å². The molecule has 0 radical (unpaired) electrons. The number of hydrogen-bond donors (Lipinski definition) is 1. The van der Waals surface area contributed by atoms with Gasteiger partial charge in [0.1, 0.15) is 12.1 Å². The first-order valence-electron chi connectivity index (χ1n) is 5.56. The molecule has 0 aliphatic rings. The summed E-state index contributed by atoms with van der Waals surface area (Å²) >= 11 is 4.72. The summed E-state index contributed by atoms with van der Waals surface area (Å²) in [6.07, 6.45) is 0. The molecule has 1 N–H and O–H groups in total. The molecule has 0 bridgehead atoms. The first kappa shape index (κ1) is 14.3. The second-order valence-corrected chi connectivity index (χ2v) is 6.38. The summed E-state index contributed by atoms with van der Waals surface area (Å²) in [6, 6.07) is 10.3. The van der Waals surface area contributed by atoms with E-state index in [1.807, 2.05) is 19.1 Å². The molecule has 0 aliphatic heterocycles. The molecule has 1 amide bonds. The number of anilines is 1. The SMILES string of the molecule is Cc1cc(C(=O)Nc2ccc(C#N)c(C#N)c2)sc1Br. The second kappa shape index (κ2) is 5.87. The Morgan fingerprint density at radius 2 is 1.95 bits per heavy atom. The smallest absolute Gasteiger partial charge is 0.265 e. The maximum Gasteiger partial charge on any atom is 0.265 e. The minimum absolute atomic E-state index is 0.239. The Morgan fingerprint density at radius 1 is 1.25 bits per heavy atom. The maximum atomic E-state index is 12.1. The fraction of sp³-hybridized carbons (Fsp3) is 0.0714. The topological polar surface area (TPSA) is 76.7 Å². The third kappa shape index (κ3) is 2.88. The van der Waals surface area contributed by atoms with Crippen LogP contribution < -0.4 is 5.32 Å². The molecule has 1 aromatic carbocycles. The van der Waals surface area contributed by atoms with Gasteiger partial charge >= 0.3 is 0 Å². The fourth-order valence-electron chi connectivity index (χ4n) is 1.58. The van der Waals surface area contributed by atoms with E-state index in [9.17, 15) is 4.79 Å². The number of amides is 1. The van der Waals surface area contributed by atoms with Crippen LogP contribution in [0.1, 0.15) is 26.4 Å². The van der Waals surface area contributed by atoms with Crippen molar-refractivity contribution in [3.8, 4) is 12.1 Å². The van der Waals surface area contributed by atoms with Crippen molar-refractivity contribution in [1.29, 1.82) is 10.5 Å². The highest BCUT2D eigenvalue weighted by Crippen LogP contribution is 2.28. The highest BCUT2D eigenvalue weighted by Gasteiger charge is 2.12. The number of carbonyl (C=O) groups is 1. The van der Waals surface area contributed by atoms with Crippen molar-refractivity contribution >= 4 is 38.9 Å². The average molecular weight is 346 g/mol. The molecule has 2 aromatic rings. The Balaban J connectivity index is 2.25. The number of nitrogens with zero attached hydrogens (tertiary/aromatic N) is 2. The normalized spacial score (nSPS) is 9.60. The Kier molecular flexibility index (Phi) is 4.19. The Labute approximate surface area is 128 Å². The van der Waals surface area contributed by atoms with Gasteiger partial charge < -0.3 is 5.32 Å². The first-order valence-corrected chi connectivity index (χ1v) is 7.17. The summed E-state index contributed by atoms with van der Waals surface area (Å²) in [7, 11) is 0. The van der Waals surface area contributed by atoms with Crippen LogP contribution in [0.5, 0.6) is 0 Å². The highest BCUT2D eigenvalue weighted by molar-refractivity contribution is 9.11. The summed E-state index contributed by atoms with van der Waals surface area (Å²) < 4.78 is 0.917. The van der Waals surface area contributed by atoms with E-state index >= 15 is 0 Å². The highest BCUT2D eigenvalue weighted by atomic mass is 79.9. The monoisotopic (exact) mass is 345 g/mol. The Bertz CT molecular complexity index is 748. The number of nitrogens with one attached hydrogen (secondary N) is 1. The molecule has 0 fully saturated rings. The van der Waals surface area contributed by atoms with Crippen molar-refractivity contribution in [1.82, 2.24) is 0 Å². The van der Waals surface area contributed by atoms with Crippen LogP contribution in [0.4, 0.5) is 5.69 Å². The second-order valence-electron chi connectivity index (χ2n) is 4.01. The number of halogens is 1. The van der Waals surface area contributed by atoms with Gasteiger partial charge in [0.25, 0.3) is 5.91 Å². The molecule has 98 valence electrons. The number of benzene rings is 1. The summed E-state index contributed by atoms with van der Waals surface area (Å²) in [4.78, 5) is 12.6. The molecule has 6 heteroatoms. The lowest BCUT2D eigenvalue weighted by Gasteiger charge is -2.04. The summed E-state index contributed by atoms with van der Waals surface area (Å²) in [6.45, 7) is 1.91. The molecule has 0 aliphatic carbocycles. The molecule has 4 nitrogen and oxygen atoms in total. The van der Waals surface area contributed by atoms with Crippen molar-refractivity contribution in [2.45, 2.75) is 6.92 Å².